The van der Waals surface area contributed by atoms with Gasteiger partial charge in [0.25, 0.3) is 5.69 Å². The van der Waals surface area contributed by atoms with Crippen LogP contribution in [0.15, 0.2) is 24.3 Å². The standard InChI is InChI=1S/C15H18N2O5/c1-10(2)16-9-11(7-14(16)18)8-15(19)22-13-5-3-12(4-6-13)17(20)21/h3-6,10-11H,7-9H2,1-2H3/t11-/m1/s1. The molecule has 7 heteroatoms. The number of rotatable bonds is 5. The molecule has 2 rings (SSSR count). The molecular formula is C15H18N2O5. The summed E-state index contributed by atoms with van der Waals surface area (Å²) < 4.78 is 5.15. The third kappa shape index (κ3) is 3.81. The molecule has 22 heavy (non-hydrogen) atoms. The summed E-state index contributed by atoms with van der Waals surface area (Å²) in [6, 6.07) is 5.46. The fourth-order valence-electron chi connectivity index (χ4n) is 2.49. The maximum Gasteiger partial charge on any atom is 0.311 e. The van der Waals surface area contributed by atoms with Gasteiger partial charge in [-0.1, -0.05) is 0 Å². The predicted octanol–water partition coefficient (Wildman–Crippen LogP) is 2.15. The van der Waals surface area contributed by atoms with E-state index < -0.39 is 10.9 Å². The highest BCUT2D eigenvalue weighted by atomic mass is 16.6. The van der Waals surface area contributed by atoms with Crippen molar-refractivity contribution in [2.45, 2.75) is 32.7 Å². The van der Waals surface area contributed by atoms with Crippen molar-refractivity contribution < 1.29 is 19.2 Å². The van der Waals surface area contributed by atoms with Crippen molar-refractivity contribution in [3.05, 3.63) is 34.4 Å². The van der Waals surface area contributed by atoms with Crippen LogP contribution in [0.4, 0.5) is 5.69 Å². The van der Waals surface area contributed by atoms with E-state index in [1.165, 1.54) is 24.3 Å². The van der Waals surface area contributed by atoms with Gasteiger partial charge in [0, 0.05) is 31.1 Å². The van der Waals surface area contributed by atoms with Crippen LogP contribution < -0.4 is 4.74 Å². The van der Waals surface area contributed by atoms with Crippen molar-refractivity contribution in [2.75, 3.05) is 6.54 Å². The molecular weight excluding hydrogens is 288 g/mol. The predicted molar refractivity (Wildman–Crippen MR) is 78.3 cm³/mol. The number of carbonyl (C=O) groups excluding carboxylic acids is 2. The molecule has 0 spiro atoms. The highest BCUT2D eigenvalue weighted by Gasteiger charge is 2.32. The number of benzene rings is 1. The third-order valence-electron chi connectivity index (χ3n) is 3.60. The fraction of sp³-hybridized carbons (Fsp3) is 0.467. The Morgan fingerprint density at radius 3 is 2.55 bits per heavy atom. The largest absolute Gasteiger partial charge is 0.427 e. The van der Waals surface area contributed by atoms with Crippen molar-refractivity contribution in [1.82, 2.24) is 4.90 Å². The topological polar surface area (TPSA) is 89.8 Å². The number of nitro benzene ring substituents is 1. The van der Waals surface area contributed by atoms with Crippen molar-refractivity contribution in [3.63, 3.8) is 0 Å². The molecule has 118 valence electrons. The molecule has 0 radical (unpaired) electrons. The first-order valence-electron chi connectivity index (χ1n) is 7.11. The first kappa shape index (κ1) is 15.9. The minimum absolute atomic E-state index is 0.0413. The molecule has 0 unspecified atom stereocenters. The van der Waals surface area contributed by atoms with Gasteiger partial charge in [-0.15, -0.1) is 0 Å². The third-order valence-corrected chi connectivity index (χ3v) is 3.60. The highest BCUT2D eigenvalue weighted by molar-refractivity contribution is 5.81. The fourth-order valence-corrected chi connectivity index (χ4v) is 2.49. The monoisotopic (exact) mass is 306 g/mol. The molecule has 0 bridgehead atoms. The lowest BCUT2D eigenvalue weighted by Crippen LogP contribution is -2.32. The summed E-state index contributed by atoms with van der Waals surface area (Å²) in [4.78, 5) is 35.4. The second-order valence-corrected chi connectivity index (χ2v) is 5.64. The van der Waals surface area contributed by atoms with Crippen molar-refractivity contribution in [2.24, 2.45) is 5.92 Å². The molecule has 0 saturated carbocycles. The number of likely N-dealkylation sites (tertiary alicyclic amines) is 1. The lowest BCUT2D eigenvalue weighted by molar-refractivity contribution is -0.384. The average Bonchev–Trinajstić information content (AvgIpc) is 2.80. The molecule has 7 nitrogen and oxygen atoms in total. The maximum absolute atomic E-state index is 11.9. The Kier molecular flexibility index (Phi) is 4.75. The summed E-state index contributed by atoms with van der Waals surface area (Å²) in [5, 5.41) is 10.5. The normalized spacial score (nSPS) is 17.9. The van der Waals surface area contributed by atoms with Crippen LogP contribution in [0.2, 0.25) is 0 Å². The van der Waals surface area contributed by atoms with Gasteiger partial charge in [-0.2, -0.15) is 0 Å². The first-order chi connectivity index (χ1) is 10.4. The van der Waals surface area contributed by atoms with Crippen LogP contribution in [0.5, 0.6) is 5.75 Å². The molecule has 1 saturated heterocycles. The van der Waals surface area contributed by atoms with E-state index in [2.05, 4.69) is 0 Å². The molecule has 1 aliphatic heterocycles. The summed E-state index contributed by atoms with van der Waals surface area (Å²) in [7, 11) is 0. The number of hydrogen-bond acceptors (Lipinski definition) is 5. The number of non-ortho nitro benzene ring substituents is 1. The van der Waals surface area contributed by atoms with Gasteiger partial charge in [0.2, 0.25) is 5.91 Å². The Labute approximate surface area is 128 Å². The summed E-state index contributed by atoms with van der Waals surface area (Å²) in [5.74, 6) is -0.151. The van der Waals surface area contributed by atoms with Gasteiger partial charge in [0.05, 0.1) is 11.3 Å². The Hall–Kier alpha value is -2.44. The van der Waals surface area contributed by atoms with Crippen molar-refractivity contribution >= 4 is 17.6 Å². The van der Waals surface area contributed by atoms with Crippen LogP contribution in [0.1, 0.15) is 26.7 Å². The molecule has 1 atom stereocenters. The van der Waals surface area contributed by atoms with Gasteiger partial charge in [-0.05, 0) is 31.9 Å². The summed E-state index contributed by atoms with van der Waals surface area (Å²) >= 11 is 0. The quantitative estimate of drug-likeness (QED) is 0.360. The van der Waals surface area contributed by atoms with E-state index in [4.69, 9.17) is 4.74 Å². The highest BCUT2D eigenvalue weighted by Crippen LogP contribution is 2.24. The van der Waals surface area contributed by atoms with Gasteiger partial charge in [-0.25, -0.2) is 0 Å². The Balaban J connectivity index is 1.88. The molecule has 1 aromatic carbocycles. The Morgan fingerprint density at radius 2 is 2.05 bits per heavy atom. The Morgan fingerprint density at radius 1 is 1.41 bits per heavy atom. The summed E-state index contributed by atoms with van der Waals surface area (Å²) in [6.07, 6.45) is 0.513. The average molecular weight is 306 g/mol. The van der Waals surface area contributed by atoms with Crippen LogP contribution >= 0.6 is 0 Å². The first-order valence-corrected chi connectivity index (χ1v) is 7.11. The minimum Gasteiger partial charge on any atom is -0.427 e. The van der Waals surface area contributed by atoms with Crippen LogP contribution in [0.3, 0.4) is 0 Å². The summed E-state index contributed by atoms with van der Waals surface area (Å²) in [6.45, 7) is 4.44. The smallest absolute Gasteiger partial charge is 0.311 e. The van der Waals surface area contributed by atoms with E-state index in [1.54, 1.807) is 4.90 Å². The van der Waals surface area contributed by atoms with Crippen molar-refractivity contribution in [1.29, 1.82) is 0 Å². The van der Waals surface area contributed by atoms with Crippen LogP contribution in [-0.4, -0.2) is 34.3 Å². The SMILES string of the molecule is CC(C)N1C[C@@H](CC(=O)Oc2ccc([N+](=O)[O-])cc2)CC1=O. The molecule has 1 amide bonds. The van der Waals surface area contributed by atoms with E-state index in [9.17, 15) is 19.7 Å². The molecule has 0 aromatic heterocycles. The Bertz CT molecular complexity index is 582. The van der Waals surface area contributed by atoms with E-state index in [0.717, 1.165) is 0 Å². The zero-order chi connectivity index (χ0) is 16.3. The lowest BCUT2D eigenvalue weighted by Gasteiger charge is -2.20. The van der Waals surface area contributed by atoms with Gasteiger partial charge < -0.3 is 9.64 Å². The van der Waals surface area contributed by atoms with E-state index in [-0.39, 0.29) is 35.7 Å². The maximum atomic E-state index is 11.9. The van der Waals surface area contributed by atoms with E-state index >= 15 is 0 Å². The second kappa shape index (κ2) is 6.55. The van der Waals surface area contributed by atoms with Crippen LogP contribution in [0.25, 0.3) is 0 Å². The van der Waals surface area contributed by atoms with Crippen LogP contribution in [-0.2, 0) is 9.59 Å². The second-order valence-electron chi connectivity index (χ2n) is 5.64. The molecule has 0 N–H and O–H groups in total. The number of esters is 1. The summed E-state index contributed by atoms with van der Waals surface area (Å²) in [5.41, 5.74) is -0.0613. The lowest BCUT2D eigenvalue weighted by atomic mass is 10.1. The zero-order valence-corrected chi connectivity index (χ0v) is 12.5. The molecule has 1 heterocycles. The zero-order valence-electron chi connectivity index (χ0n) is 12.5. The molecule has 1 aromatic rings. The van der Waals surface area contributed by atoms with E-state index in [1.807, 2.05) is 13.8 Å². The number of nitro groups is 1. The van der Waals surface area contributed by atoms with Gasteiger partial charge in [0.1, 0.15) is 5.75 Å². The number of nitrogens with zero attached hydrogens (tertiary/aromatic N) is 2. The van der Waals surface area contributed by atoms with Crippen LogP contribution in [0, 0.1) is 16.0 Å². The van der Waals surface area contributed by atoms with Gasteiger partial charge in [-0.3, -0.25) is 19.7 Å². The molecule has 0 aliphatic carbocycles. The number of amides is 1. The van der Waals surface area contributed by atoms with Crippen molar-refractivity contribution in [3.8, 4) is 5.75 Å². The van der Waals surface area contributed by atoms with E-state index in [0.29, 0.717) is 13.0 Å². The number of hydrogen-bond donors (Lipinski definition) is 0. The van der Waals surface area contributed by atoms with Gasteiger partial charge >= 0.3 is 5.97 Å². The minimum atomic E-state index is -0.518. The number of carbonyl (C=O) groups is 2. The molecule has 1 fully saturated rings. The number of ether oxygens (including phenoxy) is 1. The van der Waals surface area contributed by atoms with Gasteiger partial charge in [0.15, 0.2) is 0 Å². The molecule has 1 aliphatic rings.